The van der Waals surface area contributed by atoms with E-state index in [9.17, 15) is 9.59 Å². The molecule has 7 heteroatoms. The van der Waals surface area contributed by atoms with Crippen molar-refractivity contribution < 1.29 is 19.1 Å². The summed E-state index contributed by atoms with van der Waals surface area (Å²) in [6, 6.07) is 3.58. The number of hydrogen-bond acceptors (Lipinski definition) is 5. The summed E-state index contributed by atoms with van der Waals surface area (Å²) in [5.74, 6) is 0.956. The lowest BCUT2D eigenvalue weighted by atomic mass is 9.85. The van der Waals surface area contributed by atoms with Gasteiger partial charge in [-0.15, -0.1) is 0 Å². The Labute approximate surface area is 157 Å². The van der Waals surface area contributed by atoms with Crippen LogP contribution < -0.4 is 9.47 Å². The van der Waals surface area contributed by atoms with Gasteiger partial charge in [0.15, 0.2) is 11.5 Å². The van der Waals surface area contributed by atoms with Gasteiger partial charge in [0.1, 0.15) is 0 Å². The minimum absolute atomic E-state index is 0.156. The number of hydrazone groups is 1. The number of carbonyl (C=O) groups is 2. The van der Waals surface area contributed by atoms with E-state index in [4.69, 9.17) is 9.47 Å². The van der Waals surface area contributed by atoms with E-state index < -0.39 is 0 Å². The van der Waals surface area contributed by atoms with Gasteiger partial charge in [-0.3, -0.25) is 9.59 Å². The van der Waals surface area contributed by atoms with Crippen LogP contribution in [0.3, 0.4) is 0 Å². The maximum Gasteiger partial charge on any atom is 0.254 e. The van der Waals surface area contributed by atoms with Gasteiger partial charge in [0.25, 0.3) is 11.8 Å². The molecule has 6 rings (SSSR count). The molecule has 2 amide bonds. The summed E-state index contributed by atoms with van der Waals surface area (Å²) in [5, 5.41) is 5.32. The molecule has 132 valence electrons. The van der Waals surface area contributed by atoms with E-state index in [1.807, 2.05) is 0 Å². The highest BCUT2D eigenvalue weighted by Crippen LogP contribution is 2.73. The third-order valence-electron chi connectivity index (χ3n) is 6.63. The topological polar surface area (TPSA) is 68.2 Å². The largest absolute Gasteiger partial charge is 0.454 e. The zero-order valence-corrected chi connectivity index (χ0v) is 15.3. The summed E-state index contributed by atoms with van der Waals surface area (Å²) in [6.07, 6.45) is 8.12. The minimum atomic E-state index is -0.225. The Hall–Kier alpha value is -2.15. The summed E-state index contributed by atoms with van der Waals surface area (Å²) < 4.78 is 11.5. The number of ether oxygens (including phenoxy) is 2. The van der Waals surface area contributed by atoms with E-state index in [2.05, 4.69) is 33.2 Å². The molecule has 0 radical (unpaired) electrons. The number of fused-ring (bicyclic) bond motifs is 4. The standard InChI is InChI=1S/C19H15BrN2O4/c20-12-6-14-13(25-8-26-14)5-9(12)7-21-22-17(23)15-10-1-2-11(16(15)18(22)24)19(10)3-4-19/h1-2,5-7,10-11,15-16H,3-4,8H2/b21-7-/t10-,11-,15-,16-/m1/s1. The van der Waals surface area contributed by atoms with Gasteiger partial charge in [-0.2, -0.15) is 10.1 Å². The van der Waals surface area contributed by atoms with Gasteiger partial charge < -0.3 is 9.47 Å². The minimum Gasteiger partial charge on any atom is -0.454 e. The maximum absolute atomic E-state index is 12.9. The molecule has 1 aromatic carbocycles. The number of amides is 2. The molecule has 1 aromatic rings. The van der Waals surface area contributed by atoms with Crippen molar-refractivity contribution >= 4 is 34.0 Å². The first-order chi connectivity index (χ1) is 12.6. The molecule has 2 aliphatic heterocycles. The van der Waals surface area contributed by atoms with Gasteiger partial charge in [0, 0.05) is 10.0 Å². The number of nitrogens with zero attached hydrogens (tertiary/aromatic N) is 2. The normalized spacial score (nSPS) is 34.6. The first-order valence-corrected chi connectivity index (χ1v) is 9.59. The van der Waals surface area contributed by atoms with Crippen LogP contribution in [-0.4, -0.2) is 29.8 Å². The summed E-state index contributed by atoms with van der Waals surface area (Å²) in [4.78, 5) is 25.8. The van der Waals surface area contributed by atoms with Gasteiger partial charge in [0.05, 0.1) is 18.1 Å². The van der Waals surface area contributed by atoms with E-state index >= 15 is 0 Å². The molecule has 5 aliphatic rings. The highest BCUT2D eigenvalue weighted by molar-refractivity contribution is 9.10. The van der Waals surface area contributed by atoms with Crippen molar-refractivity contribution in [1.29, 1.82) is 0 Å². The maximum atomic E-state index is 12.9. The molecule has 1 saturated heterocycles. The van der Waals surface area contributed by atoms with Crippen molar-refractivity contribution in [2.24, 2.45) is 34.2 Å². The Kier molecular flexibility index (Phi) is 2.74. The first kappa shape index (κ1) is 15.0. The zero-order valence-electron chi connectivity index (χ0n) is 13.7. The van der Waals surface area contributed by atoms with Crippen LogP contribution in [0.25, 0.3) is 0 Å². The van der Waals surface area contributed by atoms with Crippen LogP contribution in [0.15, 0.2) is 33.9 Å². The first-order valence-electron chi connectivity index (χ1n) is 8.79. The molecule has 2 bridgehead atoms. The van der Waals surface area contributed by atoms with E-state index in [0.717, 1.165) is 27.9 Å². The Morgan fingerprint density at radius 3 is 2.31 bits per heavy atom. The van der Waals surface area contributed by atoms with Crippen molar-refractivity contribution in [3.05, 3.63) is 34.3 Å². The van der Waals surface area contributed by atoms with Crippen LogP contribution in [0, 0.1) is 29.1 Å². The van der Waals surface area contributed by atoms with E-state index in [1.54, 1.807) is 12.1 Å². The average Bonchev–Trinajstić information content (AvgIpc) is 2.94. The van der Waals surface area contributed by atoms with Crippen LogP contribution in [-0.2, 0) is 9.59 Å². The third kappa shape index (κ3) is 1.70. The monoisotopic (exact) mass is 414 g/mol. The van der Waals surface area contributed by atoms with E-state index in [1.165, 1.54) is 6.21 Å². The van der Waals surface area contributed by atoms with Crippen LogP contribution in [0.4, 0.5) is 0 Å². The number of carbonyl (C=O) groups excluding carboxylic acids is 2. The number of benzene rings is 1. The van der Waals surface area contributed by atoms with Gasteiger partial charge in [-0.25, -0.2) is 0 Å². The van der Waals surface area contributed by atoms with Crippen molar-refractivity contribution in [2.75, 3.05) is 6.79 Å². The molecule has 6 nitrogen and oxygen atoms in total. The fraction of sp³-hybridized carbons (Fsp3) is 0.421. The molecule has 1 spiro atoms. The molecule has 0 unspecified atom stereocenters. The van der Waals surface area contributed by atoms with Crippen LogP contribution in [0.5, 0.6) is 11.5 Å². The predicted molar refractivity (Wildman–Crippen MR) is 94.5 cm³/mol. The van der Waals surface area contributed by atoms with Gasteiger partial charge in [0.2, 0.25) is 6.79 Å². The van der Waals surface area contributed by atoms with E-state index in [-0.39, 0.29) is 47.7 Å². The van der Waals surface area contributed by atoms with Crippen molar-refractivity contribution in [3.63, 3.8) is 0 Å². The highest BCUT2D eigenvalue weighted by Gasteiger charge is 2.73. The van der Waals surface area contributed by atoms with Crippen molar-refractivity contribution in [1.82, 2.24) is 5.01 Å². The number of allylic oxidation sites excluding steroid dienone is 2. The van der Waals surface area contributed by atoms with Crippen molar-refractivity contribution in [2.45, 2.75) is 12.8 Å². The van der Waals surface area contributed by atoms with Crippen LogP contribution >= 0.6 is 15.9 Å². The van der Waals surface area contributed by atoms with E-state index in [0.29, 0.717) is 11.5 Å². The quantitative estimate of drug-likeness (QED) is 0.423. The number of hydrogen-bond donors (Lipinski definition) is 0. The molecule has 2 heterocycles. The highest BCUT2D eigenvalue weighted by atomic mass is 79.9. The molecule has 2 saturated carbocycles. The lowest BCUT2D eigenvalue weighted by Crippen LogP contribution is -2.30. The van der Waals surface area contributed by atoms with Gasteiger partial charge in [-0.1, -0.05) is 12.2 Å². The molecular formula is C19H15BrN2O4. The zero-order chi connectivity index (χ0) is 17.6. The average molecular weight is 415 g/mol. The Balaban J connectivity index is 1.31. The number of rotatable bonds is 2. The Bertz CT molecular complexity index is 902. The summed E-state index contributed by atoms with van der Waals surface area (Å²) in [5.41, 5.74) is 0.934. The fourth-order valence-electron chi connectivity index (χ4n) is 5.33. The smallest absolute Gasteiger partial charge is 0.254 e. The fourth-order valence-corrected chi connectivity index (χ4v) is 5.75. The molecule has 0 N–H and O–H groups in total. The molecule has 4 atom stereocenters. The third-order valence-corrected chi connectivity index (χ3v) is 7.32. The second-order valence-electron chi connectivity index (χ2n) is 7.68. The molecule has 3 fully saturated rings. The lowest BCUT2D eigenvalue weighted by Gasteiger charge is -2.18. The van der Waals surface area contributed by atoms with Gasteiger partial charge >= 0.3 is 0 Å². The van der Waals surface area contributed by atoms with Gasteiger partial charge in [-0.05, 0) is 58.2 Å². The molecule has 26 heavy (non-hydrogen) atoms. The SMILES string of the molecule is O=C1[C@H]2[C@H](C(=O)N1/N=C\c1cc3c(cc1Br)OCO3)[C@H]1C=C[C@H]2C12CC2. The summed E-state index contributed by atoms with van der Waals surface area (Å²) in [7, 11) is 0. The molecular weight excluding hydrogens is 400 g/mol. The van der Waals surface area contributed by atoms with Crippen molar-refractivity contribution in [3.8, 4) is 11.5 Å². The summed E-state index contributed by atoms with van der Waals surface area (Å²) in [6.45, 7) is 0.187. The lowest BCUT2D eigenvalue weighted by molar-refractivity contribution is -0.141. The number of imide groups is 1. The molecule has 0 aromatic heterocycles. The summed E-state index contributed by atoms with van der Waals surface area (Å²) >= 11 is 3.47. The Morgan fingerprint density at radius 2 is 1.69 bits per heavy atom. The van der Waals surface area contributed by atoms with Crippen LogP contribution in [0.2, 0.25) is 0 Å². The number of halogens is 1. The molecule has 3 aliphatic carbocycles. The Morgan fingerprint density at radius 1 is 1.08 bits per heavy atom. The predicted octanol–water partition coefficient (Wildman–Crippen LogP) is 2.71. The second-order valence-corrected chi connectivity index (χ2v) is 8.54. The second kappa shape index (κ2) is 4.76. The van der Waals surface area contributed by atoms with Crippen LogP contribution in [0.1, 0.15) is 18.4 Å².